The van der Waals surface area contributed by atoms with Gasteiger partial charge in [-0.3, -0.25) is 4.90 Å². The molecule has 1 aromatic rings. The maximum absolute atomic E-state index is 9.37. The maximum atomic E-state index is 9.37. The van der Waals surface area contributed by atoms with Gasteiger partial charge >= 0.3 is 0 Å². The molecule has 2 N–H and O–H groups in total. The summed E-state index contributed by atoms with van der Waals surface area (Å²) in [5, 5.41) is 12.7. The van der Waals surface area contributed by atoms with Crippen molar-refractivity contribution in [1.82, 2.24) is 9.88 Å². The van der Waals surface area contributed by atoms with Gasteiger partial charge in [0.2, 0.25) is 0 Å². The number of aliphatic hydroxyl groups excluding tert-OH is 1. The zero-order valence-electron chi connectivity index (χ0n) is 13.3. The van der Waals surface area contributed by atoms with Crippen LogP contribution in [0, 0.1) is 0 Å². The molecule has 2 rings (SSSR count). The van der Waals surface area contributed by atoms with Crippen LogP contribution in [-0.4, -0.2) is 52.9 Å². The summed E-state index contributed by atoms with van der Waals surface area (Å²) in [7, 11) is 0. The second-order valence-electron chi connectivity index (χ2n) is 6.29. The fourth-order valence-corrected chi connectivity index (χ4v) is 2.78. The second kappa shape index (κ2) is 7.20. The van der Waals surface area contributed by atoms with E-state index in [1.807, 2.05) is 18.2 Å². The highest BCUT2D eigenvalue weighted by Gasteiger charge is 2.33. The van der Waals surface area contributed by atoms with Crippen molar-refractivity contribution in [1.29, 1.82) is 0 Å². The summed E-state index contributed by atoms with van der Waals surface area (Å²) < 4.78 is 5.84. The first-order valence-corrected chi connectivity index (χ1v) is 7.73. The Morgan fingerprint density at radius 2 is 2.29 bits per heavy atom. The van der Waals surface area contributed by atoms with E-state index in [0.29, 0.717) is 0 Å². The molecule has 21 heavy (non-hydrogen) atoms. The first-order chi connectivity index (χ1) is 10.0. The van der Waals surface area contributed by atoms with Crippen LogP contribution < -0.4 is 5.32 Å². The summed E-state index contributed by atoms with van der Waals surface area (Å²) in [6.45, 7) is 9.64. The van der Waals surface area contributed by atoms with Crippen LogP contribution >= 0.6 is 0 Å². The molecule has 2 heterocycles. The van der Waals surface area contributed by atoms with E-state index in [-0.39, 0.29) is 18.3 Å². The minimum Gasteiger partial charge on any atom is -0.394 e. The van der Waals surface area contributed by atoms with E-state index < -0.39 is 0 Å². The zero-order chi connectivity index (χ0) is 15.3. The Hall–Kier alpha value is -1.17. The Balaban J connectivity index is 2.00. The molecule has 1 aromatic heterocycles. The Kier molecular flexibility index (Phi) is 5.56. The van der Waals surface area contributed by atoms with Gasteiger partial charge in [0.1, 0.15) is 5.82 Å². The number of aliphatic hydroxyl groups is 1. The van der Waals surface area contributed by atoms with Crippen molar-refractivity contribution in [3.8, 4) is 0 Å². The highest BCUT2D eigenvalue weighted by atomic mass is 16.5. The summed E-state index contributed by atoms with van der Waals surface area (Å²) in [6, 6.07) is 6.09. The quantitative estimate of drug-likeness (QED) is 0.838. The number of pyridine rings is 1. The monoisotopic (exact) mass is 293 g/mol. The van der Waals surface area contributed by atoms with E-state index in [1.54, 1.807) is 0 Å². The molecule has 0 radical (unpaired) electrons. The van der Waals surface area contributed by atoms with Gasteiger partial charge in [-0.05, 0) is 32.4 Å². The van der Waals surface area contributed by atoms with E-state index in [4.69, 9.17) is 4.74 Å². The Morgan fingerprint density at radius 1 is 1.48 bits per heavy atom. The van der Waals surface area contributed by atoms with E-state index in [2.05, 4.69) is 36.0 Å². The number of anilines is 1. The third-order valence-electron chi connectivity index (χ3n) is 3.50. The molecular weight excluding hydrogens is 266 g/mol. The van der Waals surface area contributed by atoms with Crippen LogP contribution in [0.4, 0.5) is 5.82 Å². The molecule has 0 amide bonds. The minimum atomic E-state index is -0.232. The van der Waals surface area contributed by atoms with Gasteiger partial charge in [0, 0.05) is 26.2 Å². The summed E-state index contributed by atoms with van der Waals surface area (Å²) in [5.41, 5.74) is 0.814. The molecule has 5 heteroatoms. The smallest absolute Gasteiger partial charge is 0.126 e. The Morgan fingerprint density at radius 3 is 3.00 bits per heavy atom. The second-order valence-corrected chi connectivity index (χ2v) is 6.29. The largest absolute Gasteiger partial charge is 0.394 e. The van der Waals surface area contributed by atoms with E-state index in [1.165, 1.54) is 0 Å². The van der Waals surface area contributed by atoms with Gasteiger partial charge in [-0.1, -0.05) is 13.0 Å². The van der Waals surface area contributed by atoms with Crippen molar-refractivity contribution < 1.29 is 9.84 Å². The fourth-order valence-electron chi connectivity index (χ4n) is 2.78. The maximum Gasteiger partial charge on any atom is 0.126 e. The molecule has 1 atom stereocenters. The number of nitrogens with one attached hydrogen (secondary N) is 1. The SMILES string of the molecule is CCCNc1cccc(CN2CC(CO)OC(C)(C)C2)n1. The van der Waals surface area contributed by atoms with E-state index in [9.17, 15) is 5.11 Å². The summed E-state index contributed by atoms with van der Waals surface area (Å²) in [6.07, 6.45) is 0.969. The normalized spacial score (nSPS) is 22.2. The van der Waals surface area contributed by atoms with E-state index >= 15 is 0 Å². The topological polar surface area (TPSA) is 57.6 Å². The van der Waals surface area contributed by atoms with Crippen LogP contribution in [0.2, 0.25) is 0 Å². The van der Waals surface area contributed by atoms with Crippen molar-refractivity contribution in [2.75, 3.05) is 31.6 Å². The number of aromatic nitrogens is 1. The number of ether oxygens (including phenoxy) is 1. The standard InChI is InChI=1S/C16H27N3O2/c1-4-8-17-15-7-5-6-13(18-15)9-19-10-14(11-20)21-16(2,3)12-19/h5-7,14,20H,4,8-12H2,1-3H3,(H,17,18). The summed E-state index contributed by atoms with van der Waals surface area (Å²) in [4.78, 5) is 6.95. The third-order valence-corrected chi connectivity index (χ3v) is 3.50. The lowest BCUT2D eigenvalue weighted by Gasteiger charge is -2.42. The van der Waals surface area contributed by atoms with Crippen molar-refractivity contribution in [3.63, 3.8) is 0 Å². The molecule has 1 fully saturated rings. The van der Waals surface area contributed by atoms with Gasteiger partial charge < -0.3 is 15.2 Å². The number of rotatable bonds is 6. The third kappa shape index (κ3) is 4.95. The van der Waals surface area contributed by atoms with Crippen molar-refractivity contribution >= 4 is 5.82 Å². The van der Waals surface area contributed by atoms with Crippen LogP contribution in [0.3, 0.4) is 0 Å². The number of hydrogen-bond donors (Lipinski definition) is 2. The molecule has 0 bridgehead atoms. The number of morpholine rings is 1. The first kappa shape index (κ1) is 16.2. The molecule has 0 spiro atoms. The van der Waals surface area contributed by atoms with Crippen LogP contribution in [0.25, 0.3) is 0 Å². The number of nitrogens with zero attached hydrogens (tertiary/aromatic N) is 2. The minimum absolute atomic E-state index is 0.0610. The van der Waals surface area contributed by atoms with Gasteiger partial charge in [0.25, 0.3) is 0 Å². The molecule has 5 nitrogen and oxygen atoms in total. The average Bonchev–Trinajstić information content (AvgIpc) is 2.43. The lowest BCUT2D eigenvalue weighted by atomic mass is 10.1. The molecule has 0 aromatic carbocycles. The lowest BCUT2D eigenvalue weighted by molar-refractivity contribution is -0.150. The summed E-state index contributed by atoms with van der Waals surface area (Å²) in [5.74, 6) is 0.931. The van der Waals surface area contributed by atoms with Crippen molar-refractivity contribution in [3.05, 3.63) is 23.9 Å². The van der Waals surface area contributed by atoms with Crippen LogP contribution in [0.15, 0.2) is 18.2 Å². The first-order valence-electron chi connectivity index (χ1n) is 7.73. The molecule has 1 aliphatic rings. The van der Waals surface area contributed by atoms with Gasteiger partial charge in [-0.15, -0.1) is 0 Å². The predicted octanol–water partition coefficient (Wildman–Crippen LogP) is 1.88. The van der Waals surface area contributed by atoms with Crippen LogP contribution in [0.5, 0.6) is 0 Å². The van der Waals surface area contributed by atoms with Gasteiger partial charge in [-0.25, -0.2) is 4.98 Å². The summed E-state index contributed by atoms with van der Waals surface area (Å²) >= 11 is 0. The number of hydrogen-bond acceptors (Lipinski definition) is 5. The highest BCUT2D eigenvalue weighted by Crippen LogP contribution is 2.22. The van der Waals surface area contributed by atoms with Gasteiger partial charge in [0.05, 0.1) is 24.0 Å². The molecule has 118 valence electrons. The molecule has 0 saturated carbocycles. The van der Waals surface area contributed by atoms with Crippen LogP contribution in [-0.2, 0) is 11.3 Å². The molecule has 1 unspecified atom stereocenters. The lowest BCUT2D eigenvalue weighted by Crippen LogP contribution is -2.53. The molecule has 0 aliphatic carbocycles. The Labute approximate surface area is 127 Å². The van der Waals surface area contributed by atoms with Gasteiger partial charge in [0.15, 0.2) is 0 Å². The zero-order valence-corrected chi connectivity index (χ0v) is 13.3. The molecular formula is C16H27N3O2. The van der Waals surface area contributed by atoms with Crippen molar-refractivity contribution in [2.45, 2.75) is 45.4 Å². The van der Waals surface area contributed by atoms with E-state index in [0.717, 1.165) is 44.1 Å². The predicted molar refractivity (Wildman–Crippen MR) is 84.3 cm³/mol. The van der Waals surface area contributed by atoms with Crippen molar-refractivity contribution in [2.24, 2.45) is 0 Å². The Bertz CT molecular complexity index is 451. The molecule has 1 saturated heterocycles. The molecule has 1 aliphatic heterocycles. The van der Waals surface area contributed by atoms with Crippen LogP contribution in [0.1, 0.15) is 32.9 Å². The average molecular weight is 293 g/mol. The fraction of sp³-hybridized carbons (Fsp3) is 0.688. The highest BCUT2D eigenvalue weighted by molar-refractivity contribution is 5.35. The van der Waals surface area contributed by atoms with Gasteiger partial charge in [-0.2, -0.15) is 0 Å².